The van der Waals surface area contributed by atoms with E-state index in [1.165, 1.54) is 16.7 Å². The van der Waals surface area contributed by atoms with E-state index in [0.717, 1.165) is 24.6 Å². The van der Waals surface area contributed by atoms with Crippen molar-refractivity contribution < 1.29 is 9.47 Å². The quantitative estimate of drug-likeness (QED) is 0.801. The van der Waals surface area contributed by atoms with Gasteiger partial charge in [0.25, 0.3) is 0 Å². The summed E-state index contributed by atoms with van der Waals surface area (Å²) in [5, 5.41) is 3.48. The van der Waals surface area contributed by atoms with Gasteiger partial charge in [0.05, 0.1) is 13.7 Å². The molecule has 0 aliphatic rings. The molecule has 0 fully saturated rings. The maximum Gasteiger partial charge on any atom is 0.161 e. The summed E-state index contributed by atoms with van der Waals surface area (Å²) in [5.74, 6) is 1.58. The molecule has 0 bridgehead atoms. The Hall–Kier alpha value is -2.00. The molecule has 0 unspecified atom stereocenters. The van der Waals surface area contributed by atoms with Gasteiger partial charge < -0.3 is 14.8 Å². The lowest BCUT2D eigenvalue weighted by atomic mass is 9.87. The summed E-state index contributed by atoms with van der Waals surface area (Å²) in [6.07, 6.45) is 0. The van der Waals surface area contributed by atoms with Gasteiger partial charge in [0.2, 0.25) is 0 Å². The number of methoxy groups -OCH3 is 1. The molecule has 2 rings (SSSR count). The first-order valence-corrected chi connectivity index (χ1v) is 8.54. The smallest absolute Gasteiger partial charge is 0.161 e. The molecule has 0 aliphatic carbocycles. The molecule has 0 aromatic heterocycles. The van der Waals surface area contributed by atoms with E-state index in [-0.39, 0.29) is 5.41 Å². The van der Waals surface area contributed by atoms with Gasteiger partial charge in [0, 0.05) is 13.1 Å². The molecular weight excluding hydrogens is 298 g/mol. The predicted octanol–water partition coefficient (Wildman–Crippen LogP) is 4.68. The Labute approximate surface area is 146 Å². The van der Waals surface area contributed by atoms with E-state index in [1.54, 1.807) is 7.11 Å². The molecule has 1 N–H and O–H groups in total. The number of hydrogen-bond donors (Lipinski definition) is 1. The maximum atomic E-state index is 5.55. The first-order valence-electron chi connectivity index (χ1n) is 8.54. The normalized spacial score (nSPS) is 11.4. The zero-order valence-electron chi connectivity index (χ0n) is 15.5. The second-order valence-corrected chi connectivity index (χ2v) is 6.97. The molecule has 0 saturated heterocycles. The van der Waals surface area contributed by atoms with Crippen LogP contribution in [0, 0.1) is 0 Å². The van der Waals surface area contributed by atoms with Crippen LogP contribution in [0.2, 0.25) is 0 Å². The molecule has 0 spiro atoms. The second kappa shape index (κ2) is 8.20. The average Bonchev–Trinajstić information content (AvgIpc) is 2.56. The van der Waals surface area contributed by atoms with Gasteiger partial charge in [-0.15, -0.1) is 0 Å². The topological polar surface area (TPSA) is 30.5 Å². The first-order chi connectivity index (χ1) is 11.4. The van der Waals surface area contributed by atoms with Crippen LogP contribution in [0.25, 0.3) is 0 Å². The van der Waals surface area contributed by atoms with Crippen molar-refractivity contribution in [3.63, 3.8) is 0 Å². The summed E-state index contributed by atoms with van der Waals surface area (Å²) in [7, 11) is 1.67. The van der Waals surface area contributed by atoms with E-state index in [4.69, 9.17) is 9.47 Å². The van der Waals surface area contributed by atoms with Crippen LogP contribution in [0.1, 0.15) is 44.4 Å². The van der Waals surface area contributed by atoms with Crippen LogP contribution in [0.15, 0.2) is 42.5 Å². The van der Waals surface area contributed by atoms with Crippen molar-refractivity contribution in [1.82, 2.24) is 5.32 Å². The van der Waals surface area contributed by atoms with Crippen LogP contribution in [0.3, 0.4) is 0 Å². The Kier molecular flexibility index (Phi) is 6.27. The largest absolute Gasteiger partial charge is 0.493 e. The van der Waals surface area contributed by atoms with Gasteiger partial charge in [-0.05, 0) is 41.2 Å². The standard InChI is InChI=1S/C21H29NO2/c1-6-24-19-12-9-17(13-20(19)23-5)15-22-14-16-7-10-18(11-8-16)21(2,3)4/h7-13,22H,6,14-15H2,1-5H3. The summed E-state index contributed by atoms with van der Waals surface area (Å²) in [6, 6.07) is 14.9. The number of rotatable bonds is 7. The lowest BCUT2D eigenvalue weighted by Crippen LogP contribution is -2.14. The van der Waals surface area contributed by atoms with Crippen LogP contribution in [-0.4, -0.2) is 13.7 Å². The molecule has 0 atom stereocenters. The highest BCUT2D eigenvalue weighted by molar-refractivity contribution is 5.43. The van der Waals surface area contributed by atoms with E-state index < -0.39 is 0 Å². The highest BCUT2D eigenvalue weighted by Gasteiger charge is 2.12. The number of benzene rings is 2. The van der Waals surface area contributed by atoms with Crippen LogP contribution >= 0.6 is 0 Å². The summed E-state index contributed by atoms with van der Waals surface area (Å²) in [6.45, 7) is 11.0. The Bertz CT molecular complexity index is 642. The highest BCUT2D eigenvalue weighted by atomic mass is 16.5. The fourth-order valence-electron chi connectivity index (χ4n) is 2.57. The summed E-state index contributed by atoms with van der Waals surface area (Å²) >= 11 is 0. The van der Waals surface area contributed by atoms with E-state index in [1.807, 2.05) is 19.1 Å². The number of hydrogen-bond acceptors (Lipinski definition) is 3. The van der Waals surface area contributed by atoms with Crippen molar-refractivity contribution in [3.8, 4) is 11.5 Å². The van der Waals surface area contributed by atoms with Gasteiger partial charge >= 0.3 is 0 Å². The third-order valence-corrected chi connectivity index (χ3v) is 4.01. The molecule has 0 amide bonds. The molecule has 0 radical (unpaired) electrons. The number of nitrogens with one attached hydrogen (secondary N) is 1. The average molecular weight is 327 g/mol. The van der Waals surface area contributed by atoms with E-state index >= 15 is 0 Å². The molecule has 0 saturated carbocycles. The molecule has 3 heteroatoms. The predicted molar refractivity (Wildman–Crippen MR) is 99.8 cm³/mol. The Morgan fingerprint density at radius 2 is 1.50 bits per heavy atom. The molecular formula is C21H29NO2. The lowest BCUT2D eigenvalue weighted by molar-refractivity contribution is 0.310. The Morgan fingerprint density at radius 3 is 2.08 bits per heavy atom. The van der Waals surface area contributed by atoms with Crippen molar-refractivity contribution in [2.75, 3.05) is 13.7 Å². The molecule has 0 heterocycles. The Morgan fingerprint density at radius 1 is 0.875 bits per heavy atom. The molecule has 2 aromatic rings. The van der Waals surface area contributed by atoms with Crippen LogP contribution in [-0.2, 0) is 18.5 Å². The highest BCUT2D eigenvalue weighted by Crippen LogP contribution is 2.28. The first kappa shape index (κ1) is 18.3. The minimum absolute atomic E-state index is 0.199. The van der Waals surface area contributed by atoms with Gasteiger partial charge in [-0.1, -0.05) is 51.1 Å². The maximum absolute atomic E-state index is 5.55. The summed E-state index contributed by atoms with van der Waals surface area (Å²) in [4.78, 5) is 0. The molecule has 24 heavy (non-hydrogen) atoms. The SMILES string of the molecule is CCOc1ccc(CNCc2ccc(C(C)(C)C)cc2)cc1OC. The second-order valence-electron chi connectivity index (χ2n) is 6.97. The van der Waals surface area contributed by atoms with Gasteiger partial charge in [0.15, 0.2) is 11.5 Å². The zero-order valence-corrected chi connectivity index (χ0v) is 15.5. The summed E-state index contributed by atoms with van der Waals surface area (Å²) < 4.78 is 10.9. The van der Waals surface area contributed by atoms with E-state index in [9.17, 15) is 0 Å². The van der Waals surface area contributed by atoms with Gasteiger partial charge in [0.1, 0.15) is 0 Å². The van der Waals surface area contributed by atoms with Crippen molar-refractivity contribution in [1.29, 1.82) is 0 Å². The van der Waals surface area contributed by atoms with Crippen LogP contribution in [0.4, 0.5) is 0 Å². The van der Waals surface area contributed by atoms with Gasteiger partial charge in [-0.25, -0.2) is 0 Å². The molecule has 2 aromatic carbocycles. The van der Waals surface area contributed by atoms with Crippen molar-refractivity contribution in [2.45, 2.75) is 46.2 Å². The summed E-state index contributed by atoms with van der Waals surface area (Å²) in [5.41, 5.74) is 4.04. The van der Waals surface area contributed by atoms with Gasteiger partial charge in [-0.2, -0.15) is 0 Å². The lowest BCUT2D eigenvalue weighted by Gasteiger charge is -2.19. The number of ether oxygens (including phenoxy) is 2. The van der Waals surface area contributed by atoms with E-state index in [2.05, 4.69) is 56.4 Å². The minimum Gasteiger partial charge on any atom is -0.493 e. The molecule has 3 nitrogen and oxygen atoms in total. The fraction of sp³-hybridized carbons (Fsp3) is 0.429. The molecule has 0 aliphatic heterocycles. The van der Waals surface area contributed by atoms with Crippen LogP contribution < -0.4 is 14.8 Å². The van der Waals surface area contributed by atoms with E-state index in [0.29, 0.717) is 6.61 Å². The fourth-order valence-corrected chi connectivity index (χ4v) is 2.57. The van der Waals surface area contributed by atoms with Crippen molar-refractivity contribution in [2.24, 2.45) is 0 Å². The van der Waals surface area contributed by atoms with Crippen LogP contribution in [0.5, 0.6) is 11.5 Å². The molecule has 130 valence electrons. The third kappa shape index (κ3) is 5.00. The zero-order chi connectivity index (χ0) is 17.6. The Balaban J connectivity index is 1.92. The third-order valence-electron chi connectivity index (χ3n) is 4.01. The van der Waals surface area contributed by atoms with Crippen molar-refractivity contribution in [3.05, 3.63) is 59.2 Å². The van der Waals surface area contributed by atoms with Gasteiger partial charge in [-0.3, -0.25) is 0 Å². The monoisotopic (exact) mass is 327 g/mol. The minimum atomic E-state index is 0.199. The van der Waals surface area contributed by atoms with Crippen molar-refractivity contribution >= 4 is 0 Å².